The number of aliphatic hydroxyl groups excluding tert-OH is 1. The molecule has 100 valence electrons. The number of amides is 2. The molecule has 0 spiro atoms. The van der Waals surface area contributed by atoms with Gasteiger partial charge in [-0.05, 0) is 17.5 Å². The first-order valence-corrected chi connectivity index (χ1v) is 5.95. The van der Waals surface area contributed by atoms with Crippen LogP contribution in [0.2, 0.25) is 0 Å². The molecule has 0 heterocycles. The Hall–Kier alpha value is -1.59. The summed E-state index contributed by atoms with van der Waals surface area (Å²) in [6, 6.07) is 7.49. The predicted molar refractivity (Wildman–Crippen MR) is 69.3 cm³/mol. The fraction of sp³-hybridized carbons (Fsp3) is 0.462. The lowest BCUT2D eigenvalue weighted by molar-refractivity contribution is 0.196. The number of rotatable bonds is 7. The van der Waals surface area contributed by atoms with Crippen LogP contribution in [-0.2, 0) is 17.8 Å². The molecule has 0 aliphatic carbocycles. The highest BCUT2D eigenvalue weighted by Gasteiger charge is 1.99. The first-order valence-electron chi connectivity index (χ1n) is 5.95. The molecule has 0 unspecified atom stereocenters. The summed E-state index contributed by atoms with van der Waals surface area (Å²) < 4.78 is 4.82. The van der Waals surface area contributed by atoms with Crippen LogP contribution in [0.4, 0.5) is 4.79 Å². The zero-order valence-electron chi connectivity index (χ0n) is 10.6. The number of carbonyl (C=O) groups excluding carboxylic acids is 1. The smallest absolute Gasteiger partial charge is 0.314 e. The largest absolute Gasteiger partial charge is 0.392 e. The van der Waals surface area contributed by atoms with Crippen molar-refractivity contribution in [1.29, 1.82) is 0 Å². The Morgan fingerprint density at radius 3 is 2.39 bits per heavy atom. The molecule has 1 aromatic carbocycles. The van der Waals surface area contributed by atoms with Gasteiger partial charge in [0.05, 0.1) is 13.2 Å². The standard InChI is InChI=1S/C13H20N2O3/c1-18-9-8-15-13(17)14-7-6-11-2-4-12(10-16)5-3-11/h2-5,16H,6-10H2,1H3,(H2,14,15,17). The number of methoxy groups -OCH3 is 1. The van der Waals surface area contributed by atoms with Gasteiger partial charge >= 0.3 is 6.03 Å². The quantitative estimate of drug-likeness (QED) is 0.625. The van der Waals surface area contributed by atoms with E-state index in [0.717, 1.165) is 17.5 Å². The molecule has 0 fully saturated rings. The highest BCUT2D eigenvalue weighted by molar-refractivity contribution is 5.73. The van der Waals surface area contributed by atoms with E-state index in [0.29, 0.717) is 19.7 Å². The fourth-order valence-electron chi connectivity index (χ4n) is 1.46. The van der Waals surface area contributed by atoms with E-state index in [1.54, 1.807) is 7.11 Å². The van der Waals surface area contributed by atoms with Crippen LogP contribution in [0.3, 0.4) is 0 Å². The minimum atomic E-state index is -0.181. The van der Waals surface area contributed by atoms with Crippen molar-refractivity contribution in [3.63, 3.8) is 0 Å². The Labute approximate surface area is 107 Å². The Morgan fingerprint density at radius 2 is 1.78 bits per heavy atom. The van der Waals surface area contributed by atoms with Crippen molar-refractivity contribution in [2.45, 2.75) is 13.0 Å². The van der Waals surface area contributed by atoms with Gasteiger partial charge in [-0.2, -0.15) is 0 Å². The Morgan fingerprint density at radius 1 is 1.17 bits per heavy atom. The molecule has 18 heavy (non-hydrogen) atoms. The van der Waals surface area contributed by atoms with Crippen molar-refractivity contribution in [3.05, 3.63) is 35.4 Å². The lowest BCUT2D eigenvalue weighted by Gasteiger charge is -2.07. The summed E-state index contributed by atoms with van der Waals surface area (Å²) in [5.41, 5.74) is 2.02. The summed E-state index contributed by atoms with van der Waals surface area (Å²) in [6.45, 7) is 1.65. The molecular weight excluding hydrogens is 232 g/mol. The zero-order chi connectivity index (χ0) is 13.2. The van der Waals surface area contributed by atoms with Crippen LogP contribution >= 0.6 is 0 Å². The molecule has 0 aliphatic heterocycles. The van der Waals surface area contributed by atoms with Gasteiger partial charge in [-0.3, -0.25) is 0 Å². The number of nitrogens with one attached hydrogen (secondary N) is 2. The van der Waals surface area contributed by atoms with E-state index in [1.165, 1.54) is 0 Å². The van der Waals surface area contributed by atoms with Gasteiger partial charge in [0.1, 0.15) is 0 Å². The lowest BCUT2D eigenvalue weighted by atomic mass is 10.1. The molecule has 0 aromatic heterocycles. The van der Waals surface area contributed by atoms with Crippen LogP contribution in [0, 0.1) is 0 Å². The number of ether oxygens (including phenoxy) is 1. The monoisotopic (exact) mass is 252 g/mol. The molecule has 0 atom stereocenters. The summed E-state index contributed by atoms with van der Waals surface area (Å²) in [7, 11) is 1.59. The van der Waals surface area contributed by atoms with Crippen LogP contribution in [0.1, 0.15) is 11.1 Å². The third-order valence-corrected chi connectivity index (χ3v) is 2.50. The maximum atomic E-state index is 11.3. The molecule has 2 amide bonds. The molecule has 0 saturated carbocycles. The summed E-state index contributed by atoms with van der Waals surface area (Å²) in [5.74, 6) is 0. The first kappa shape index (κ1) is 14.5. The number of aliphatic hydroxyl groups is 1. The molecule has 5 heteroatoms. The maximum Gasteiger partial charge on any atom is 0.314 e. The second kappa shape index (κ2) is 8.49. The third kappa shape index (κ3) is 5.65. The van der Waals surface area contributed by atoms with Gasteiger partial charge in [0.2, 0.25) is 0 Å². The number of benzene rings is 1. The van der Waals surface area contributed by atoms with Crippen molar-refractivity contribution in [3.8, 4) is 0 Å². The minimum Gasteiger partial charge on any atom is -0.392 e. The Kier molecular flexibility index (Phi) is 6.83. The van der Waals surface area contributed by atoms with Crippen molar-refractivity contribution in [2.75, 3.05) is 26.8 Å². The molecule has 1 rings (SSSR count). The van der Waals surface area contributed by atoms with Gasteiger partial charge in [0.15, 0.2) is 0 Å². The van der Waals surface area contributed by atoms with Crippen molar-refractivity contribution in [1.82, 2.24) is 10.6 Å². The van der Waals surface area contributed by atoms with E-state index >= 15 is 0 Å². The molecule has 0 bridgehead atoms. The van der Waals surface area contributed by atoms with Gasteiger partial charge in [-0.1, -0.05) is 24.3 Å². The minimum absolute atomic E-state index is 0.0560. The van der Waals surface area contributed by atoms with Gasteiger partial charge in [-0.25, -0.2) is 4.79 Å². The average Bonchev–Trinajstić information content (AvgIpc) is 2.40. The Balaban J connectivity index is 2.18. The fourth-order valence-corrected chi connectivity index (χ4v) is 1.46. The van der Waals surface area contributed by atoms with Crippen LogP contribution in [0.5, 0.6) is 0 Å². The van der Waals surface area contributed by atoms with Gasteiger partial charge in [0, 0.05) is 20.2 Å². The molecule has 0 aliphatic rings. The molecule has 3 N–H and O–H groups in total. The van der Waals surface area contributed by atoms with Crippen LogP contribution in [0.15, 0.2) is 24.3 Å². The third-order valence-electron chi connectivity index (χ3n) is 2.50. The van der Waals surface area contributed by atoms with Crippen molar-refractivity contribution in [2.24, 2.45) is 0 Å². The van der Waals surface area contributed by atoms with E-state index in [9.17, 15) is 4.79 Å². The molecule has 0 radical (unpaired) electrons. The highest BCUT2D eigenvalue weighted by Crippen LogP contribution is 2.04. The van der Waals surface area contributed by atoms with Crippen molar-refractivity contribution < 1.29 is 14.6 Å². The van der Waals surface area contributed by atoms with E-state index < -0.39 is 0 Å². The number of carbonyl (C=O) groups is 1. The van der Waals surface area contributed by atoms with Crippen molar-refractivity contribution >= 4 is 6.03 Å². The van der Waals surface area contributed by atoms with E-state index in [2.05, 4.69) is 10.6 Å². The Bertz CT molecular complexity index is 352. The van der Waals surface area contributed by atoms with Gasteiger partial charge in [0.25, 0.3) is 0 Å². The zero-order valence-corrected chi connectivity index (χ0v) is 10.6. The molecule has 1 aromatic rings. The SMILES string of the molecule is COCCNC(=O)NCCc1ccc(CO)cc1. The topological polar surface area (TPSA) is 70.6 Å². The summed E-state index contributed by atoms with van der Waals surface area (Å²) >= 11 is 0. The van der Waals surface area contributed by atoms with E-state index in [-0.39, 0.29) is 12.6 Å². The van der Waals surface area contributed by atoms with Crippen LogP contribution in [-0.4, -0.2) is 37.9 Å². The second-order valence-corrected chi connectivity index (χ2v) is 3.90. The lowest BCUT2D eigenvalue weighted by Crippen LogP contribution is -2.38. The van der Waals surface area contributed by atoms with Crippen LogP contribution in [0.25, 0.3) is 0 Å². The number of hydrogen-bond donors (Lipinski definition) is 3. The average molecular weight is 252 g/mol. The van der Waals surface area contributed by atoms with E-state index in [4.69, 9.17) is 9.84 Å². The number of hydrogen-bond acceptors (Lipinski definition) is 3. The normalized spacial score (nSPS) is 10.1. The van der Waals surface area contributed by atoms with Gasteiger partial charge < -0.3 is 20.5 Å². The summed E-state index contributed by atoms with van der Waals surface area (Å²) in [6.07, 6.45) is 0.767. The van der Waals surface area contributed by atoms with E-state index in [1.807, 2.05) is 24.3 Å². The van der Waals surface area contributed by atoms with Crippen LogP contribution < -0.4 is 10.6 Å². The molecule has 5 nitrogen and oxygen atoms in total. The summed E-state index contributed by atoms with van der Waals surface area (Å²) in [4.78, 5) is 11.3. The highest BCUT2D eigenvalue weighted by atomic mass is 16.5. The number of urea groups is 1. The summed E-state index contributed by atoms with van der Waals surface area (Å²) in [5, 5.41) is 14.3. The first-order chi connectivity index (χ1) is 8.76. The predicted octanol–water partition coefficient (Wildman–Crippen LogP) is 0.667. The van der Waals surface area contributed by atoms with Gasteiger partial charge in [-0.15, -0.1) is 0 Å². The maximum absolute atomic E-state index is 11.3. The molecule has 0 saturated heterocycles. The second-order valence-electron chi connectivity index (χ2n) is 3.90. The molecular formula is C13H20N2O3.